The maximum Gasteiger partial charge on any atom is 0.267 e. The second kappa shape index (κ2) is 8.02. The monoisotopic (exact) mass is 398 g/mol. The summed E-state index contributed by atoms with van der Waals surface area (Å²) in [5.41, 5.74) is 3.49. The van der Waals surface area contributed by atoms with E-state index in [1.54, 1.807) is 35.4 Å². The fourth-order valence-electron chi connectivity index (χ4n) is 4.06. The highest BCUT2D eigenvalue weighted by atomic mass is 16.1. The maximum absolute atomic E-state index is 12.5. The molecule has 0 atom stereocenters. The van der Waals surface area contributed by atoms with E-state index in [1.165, 1.54) is 0 Å². The average Bonchev–Trinajstić information content (AvgIpc) is 2.80. The van der Waals surface area contributed by atoms with Crippen LogP contribution in [0.15, 0.2) is 71.9 Å². The van der Waals surface area contributed by atoms with E-state index in [1.807, 2.05) is 36.4 Å². The summed E-state index contributed by atoms with van der Waals surface area (Å²) in [5.74, 6) is 0.798. The molecule has 150 valence electrons. The smallest absolute Gasteiger partial charge is 0.267 e. The largest absolute Gasteiger partial charge is 0.366 e. The summed E-state index contributed by atoms with van der Waals surface area (Å²) < 4.78 is 1.65. The van der Waals surface area contributed by atoms with Gasteiger partial charge in [0.25, 0.3) is 5.56 Å². The summed E-state index contributed by atoms with van der Waals surface area (Å²) in [6.45, 7) is 0. The number of pyridine rings is 1. The number of para-hydroxylation sites is 2. The molecule has 7 nitrogen and oxygen atoms in total. The lowest BCUT2D eigenvalue weighted by atomic mass is 9.91. The van der Waals surface area contributed by atoms with Gasteiger partial charge < -0.3 is 5.32 Å². The van der Waals surface area contributed by atoms with Gasteiger partial charge in [0, 0.05) is 30.1 Å². The van der Waals surface area contributed by atoms with Crippen molar-refractivity contribution in [3.8, 4) is 11.3 Å². The van der Waals surface area contributed by atoms with Crippen molar-refractivity contribution in [3.63, 3.8) is 0 Å². The zero-order valence-electron chi connectivity index (χ0n) is 16.5. The minimum absolute atomic E-state index is 0.0513. The average molecular weight is 398 g/mol. The van der Waals surface area contributed by atoms with E-state index >= 15 is 0 Å². The number of hydrogen-bond acceptors (Lipinski definition) is 6. The maximum atomic E-state index is 12.5. The van der Waals surface area contributed by atoms with Gasteiger partial charge in [-0.2, -0.15) is 5.10 Å². The summed E-state index contributed by atoms with van der Waals surface area (Å²) in [4.78, 5) is 25.6. The molecular weight excluding hydrogens is 376 g/mol. The Morgan fingerprint density at radius 1 is 0.900 bits per heavy atom. The highest BCUT2D eigenvalue weighted by molar-refractivity contribution is 5.75. The number of rotatable bonds is 4. The van der Waals surface area contributed by atoms with Crippen LogP contribution < -0.4 is 10.9 Å². The second-order valence-electron chi connectivity index (χ2n) is 7.63. The van der Waals surface area contributed by atoms with Crippen molar-refractivity contribution in [1.29, 1.82) is 0 Å². The molecule has 0 bridgehead atoms. The predicted molar refractivity (Wildman–Crippen MR) is 116 cm³/mol. The molecule has 30 heavy (non-hydrogen) atoms. The summed E-state index contributed by atoms with van der Waals surface area (Å²) in [6, 6.07) is 15.5. The van der Waals surface area contributed by atoms with Crippen LogP contribution in [0.1, 0.15) is 31.7 Å². The van der Waals surface area contributed by atoms with Crippen LogP contribution in [0.25, 0.3) is 22.3 Å². The zero-order valence-corrected chi connectivity index (χ0v) is 16.5. The van der Waals surface area contributed by atoms with Crippen LogP contribution in [0, 0.1) is 0 Å². The number of anilines is 1. The molecule has 7 heteroatoms. The number of fused-ring (bicyclic) bond motifs is 1. The zero-order chi connectivity index (χ0) is 20.3. The van der Waals surface area contributed by atoms with Crippen molar-refractivity contribution in [2.45, 2.75) is 37.8 Å². The normalized spacial score (nSPS) is 18.9. The first-order valence-electron chi connectivity index (χ1n) is 10.2. The summed E-state index contributed by atoms with van der Waals surface area (Å²) >= 11 is 0. The number of nitrogens with zero attached hydrogens (tertiary/aromatic N) is 5. The Morgan fingerprint density at radius 3 is 2.47 bits per heavy atom. The van der Waals surface area contributed by atoms with Gasteiger partial charge in [-0.15, -0.1) is 0 Å². The molecule has 0 unspecified atom stereocenters. The molecule has 1 aliphatic carbocycles. The minimum Gasteiger partial charge on any atom is -0.366 e. The van der Waals surface area contributed by atoms with Crippen LogP contribution in [0.2, 0.25) is 0 Å². The first-order valence-corrected chi connectivity index (χ1v) is 10.2. The summed E-state index contributed by atoms with van der Waals surface area (Å²) in [7, 11) is 0. The quantitative estimate of drug-likeness (QED) is 0.562. The molecule has 0 amide bonds. The highest BCUT2D eigenvalue weighted by Crippen LogP contribution is 2.29. The van der Waals surface area contributed by atoms with E-state index in [-0.39, 0.29) is 11.6 Å². The Hall–Kier alpha value is -3.61. The Bertz CT molecular complexity index is 1220. The van der Waals surface area contributed by atoms with Gasteiger partial charge in [0.1, 0.15) is 5.82 Å². The number of nitrogens with one attached hydrogen (secondary N) is 1. The van der Waals surface area contributed by atoms with Crippen LogP contribution in [0.4, 0.5) is 5.82 Å². The Balaban J connectivity index is 1.28. The molecule has 3 heterocycles. The molecule has 0 radical (unpaired) electrons. The van der Waals surface area contributed by atoms with Crippen LogP contribution in [-0.2, 0) is 0 Å². The summed E-state index contributed by atoms with van der Waals surface area (Å²) in [5, 5.41) is 8.15. The third-order valence-corrected chi connectivity index (χ3v) is 5.64. The molecule has 5 rings (SSSR count). The molecule has 0 saturated heterocycles. The number of benzene rings is 1. The van der Waals surface area contributed by atoms with Crippen molar-refractivity contribution in [1.82, 2.24) is 24.7 Å². The predicted octanol–water partition coefficient (Wildman–Crippen LogP) is 3.84. The van der Waals surface area contributed by atoms with E-state index < -0.39 is 0 Å². The molecule has 3 aromatic heterocycles. The van der Waals surface area contributed by atoms with Gasteiger partial charge in [-0.25, -0.2) is 9.67 Å². The first kappa shape index (κ1) is 18.4. The van der Waals surface area contributed by atoms with E-state index in [2.05, 4.69) is 25.4 Å². The van der Waals surface area contributed by atoms with E-state index in [0.717, 1.165) is 53.8 Å². The van der Waals surface area contributed by atoms with Crippen LogP contribution in [0.5, 0.6) is 0 Å². The highest BCUT2D eigenvalue weighted by Gasteiger charge is 2.24. The first-order chi connectivity index (χ1) is 14.8. The topological polar surface area (TPSA) is 85.6 Å². The fraction of sp³-hybridized carbons (Fsp3) is 0.261. The molecular formula is C23H22N6O. The summed E-state index contributed by atoms with van der Waals surface area (Å²) in [6.07, 6.45) is 8.95. The van der Waals surface area contributed by atoms with Gasteiger partial charge >= 0.3 is 0 Å². The van der Waals surface area contributed by atoms with Crippen molar-refractivity contribution in [3.05, 3.63) is 77.5 Å². The number of aromatic nitrogens is 5. The molecule has 1 saturated carbocycles. The van der Waals surface area contributed by atoms with E-state index in [9.17, 15) is 4.79 Å². The molecule has 4 aromatic rings. The Morgan fingerprint density at radius 2 is 1.67 bits per heavy atom. The molecule has 0 spiro atoms. The van der Waals surface area contributed by atoms with Gasteiger partial charge in [-0.05, 0) is 56.0 Å². The third-order valence-electron chi connectivity index (χ3n) is 5.64. The standard InChI is InChI=1S/C23H22N6O/c30-23-10-9-19(16-11-13-24-14-12-16)28-29(23)18-7-5-17(6-8-18)26-22-15-25-20-3-1-2-4-21(20)27-22/h1-4,9-15,17-18H,5-8H2,(H,26,27). The molecule has 1 fully saturated rings. The SMILES string of the molecule is O=c1ccc(-c2ccncc2)nn1C1CCC(Nc2cnc3ccccc3n2)CC1. The fourth-order valence-corrected chi connectivity index (χ4v) is 4.06. The lowest BCUT2D eigenvalue weighted by Crippen LogP contribution is -2.33. The lowest BCUT2D eigenvalue weighted by Gasteiger charge is -2.30. The van der Waals surface area contributed by atoms with E-state index in [4.69, 9.17) is 0 Å². The molecule has 0 aliphatic heterocycles. The second-order valence-corrected chi connectivity index (χ2v) is 7.63. The van der Waals surface area contributed by atoms with Crippen molar-refractivity contribution in [2.75, 3.05) is 5.32 Å². The Labute approximate surface area is 173 Å². The molecule has 1 N–H and O–H groups in total. The van der Waals surface area contributed by atoms with Crippen LogP contribution in [0.3, 0.4) is 0 Å². The molecule has 1 aliphatic rings. The molecule has 1 aromatic carbocycles. The number of hydrogen-bond donors (Lipinski definition) is 1. The minimum atomic E-state index is -0.0513. The Kier molecular flexibility index (Phi) is 4.93. The van der Waals surface area contributed by atoms with Crippen molar-refractivity contribution < 1.29 is 0 Å². The third kappa shape index (κ3) is 3.78. The van der Waals surface area contributed by atoms with Gasteiger partial charge in [0.05, 0.1) is 29.0 Å². The van der Waals surface area contributed by atoms with Crippen molar-refractivity contribution in [2.24, 2.45) is 0 Å². The van der Waals surface area contributed by atoms with E-state index in [0.29, 0.717) is 6.04 Å². The lowest BCUT2D eigenvalue weighted by molar-refractivity contribution is 0.304. The van der Waals surface area contributed by atoms with Crippen LogP contribution >= 0.6 is 0 Å². The van der Waals surface area contributed by atoms with Crippen LogP contribution in [-0.4, -0.2) is 30.8 Å². The van der Waals surface area contributed by atoms with Gasteiger partial charge in [-0.1, -0.05) is 12.1 Å². The van der Waals surface area contributed by atoms with Gasteiger partial charge in [0.15, 0.2) is 0 Å². The van der Waals surface area contributed by atoms with Gasteiger partial charge in [-0.3, -0.25) is 14.8 Å². The van der Waals surface area contributed by atoms with Gasteiger partial charge in [0.2, 0.25) is 0 Å². The van der Waals surface area contributed by atoms with Crippen molar-refractivity contribution >= 4 is 16.9 Å².